The minimum Gasteiger partial charge on any atom is -0.366 e. The van der Waals surface area contributed by atoms with E-state index in [1.807, 2.05) is 52.3 Å². The summed E-state index contributed by atoms with van der Waals surface area (Å²) in [5.41, 5.74) is 1.71. The molecule has 2 aliphatic rings. The maximum atomic E-state index is 14.1. The zero-order chi connectivity index (χ0) is 19.8. The van der Waals surface area contributed by atoms with Gasteiger partial charge in [0.2, 0.25) is 5.91 Å². The number of carbonyl (C=O) groups is 1. The van der Waals surface area contributed by atoms with E-state index in [4.69, 9.17) is 4.52 Å². The molecule has 0 spiro atoms. The van der Waals surface area contributed by atoms with Crippen molar-refractivity contribution >= 4 is 11.6 Å². The number of hydrogen-bond donors (Lipinski definition) is 0. The Labute approximate surface area is 168 Å². The molecule has 1 aliphatic carbocycles. The molecule has 1 amide bonds. The summed E-state index contributed by atoms with van der Waals surface area (Å²) in [5.74, 6) is 0.574. The second kappa shape index (κ2) is 7.03. The van der Waals surface area contributed by atoms with Gasteiger partial charge in [0.25, 0.3) is 0 Å². The van der Waals surface area contributed by atoms with E-state index in [1.54, 1.807) is 12.1 Å². The first-order valence-electron chi connectivity index (χ1n) is 9.99. The number of halogens is 1. The standard InChI is InChI=1S/C23H22FN3O2/c24-18-8-4-5-9-19(18)26-12-14-27(15-13-26)22(28)23(10-11-23)21-16-20(29-25-21)17-6-2-1-3-7-17/h1-9,16H,10-15H2. The Balaban J connectivity index is 1.29. The molecule has 6 heteroatoms. The third-order valence-corrected chi connectivity index (χ3v) is 5.98. The maximum Gasteiger partial charge on any atom is 0.235 e. The summed E-state index contributed by atoms with van der Waals surface area (Å²) >= 11 is 0. The van der Waals surface area contributed by atoms with Crippen LogP contribution >= 0.6 is 0 Å². The highest BCUT2D eigenvalue weighted by Crippen LogP contribution is 2.50. The number of amides is 1. The van der Waals surface area contributed by atoms with Crippen LogP contribution in [0.3, 0.4) is 0 Å². The summed E-state index contributed by atoms with van der Waals surface area (Å²) in [4.78, 5) is 17.2. The first-order chi connectivity index (χ1) is 14.2. The second-order valence-corrected chi connectivity index (χ2v) is 7.76. The van der Waals surface area contributed by atoms with Gasteiger partial charge in [-0.1, -0.05) is 47.6 Å². The highest BCUT2D eigenvalue weighted by molar-refractivity contribution is 5.91. The molecule has 2 aromatic carbocycles. The fourth-order valence-electron chi connectivity index (χ4n) is 4.11. The lowest BCUT2D eigenvalue weighted by atomic mass is 9.99. The van der Waals surface area contributed by atoms with E-state index in [-0.39, 0.29) is 11.7 Å². The van der Waals surface area contributed by atoms with E-state index >= 15 is 0 Å². The Morgan fingerprint density at radius 1 is 0.966 bits per heavy atom. The van der Waals surface area contributed by atoms with Crippen molar-refractivity contribution in [3.05, 3.63) is 72.2 Å². The van der Waals surface area contributed by atoms with Crippen molar-refractivity contribution < 1.29 is 13.7 Å². The maximum absolute atomic E-state index is 14.1. The van der Waals surface area contributed by atoms with Gasteiger partial charge in [-0.05, 0) is 25.0 Å². The average Bonchev–Trinajstić information content (AvgIpc) is 3.43. The van der Waals surface area contributed by atoms with Gasteiger partial charge in [-0.3, -0.25) is 4.79 Å². The molecule has 148 valence electrons. The number of rotatable bonds is 4. The number of carbonyl (C=O) groups excluding carboxylic acids is 1. The third-order valence-electron chi connectivity index (χ3n) is 5.98. The lowest BCUT2D eigenvalue weighted by Crippen LogP contribution is -2.51. The van der Waals surface area contributed by atoms with Crippen LogP contribution in [0.4, 0.5) is 10.1 Å². The molecule has 5 rings (SSSR count). The summed E-state index contributed by atoms with van der Waals surface area (Å²) in [5, 5.41) is 4.23. The van der Waals surface area contributed by atoms with Gasteiger partial charge in [-0.2, -0.15) is 0 Å². The quantitative estimate of drug-likeness (QED) is 0.678. The summed E-state index contributed by atoms with van der Waals surface area (Å²) in [6.07, 6.45) is 1.58. The summed E-state index contributed by atoms with van der Waals surface area (Å²) in [6.45, 7) is 2.41. The van der Waals surface area contributed by atoms with Crippen LogP contribution in [0, 0.1) is 5.82 Å². The molecule has 0 bridgehead atoms. The molecule has 2 heterocycles. The summed E-state index contributed by atoms with van der Waals surface area (Å²) < 4.78 is 19.6. The molecule has 3 aromatic rings. The predicted octanol–water partition coefficient (Wildman–Crippen LogP) is 3.86. The van der Waals surface area contributed by atoms with Gasteiger partial charge >= 0.3 is 0 Å². The largest absolute Gasteiger partial charge is 0.366 e. The second-order valence-electron chi connectivity index (χ2n) is 7.76. The van der Waals surface area contributed by atoms with Crippen LogP contribution in [-0.4, -0.2) is 42.1 Å². The van der Waals surface area contributed by atoms with Crippen molar-refractivity contribution in [3.8, 4) is 11.3 Å². The Morgan fingerprint density at radius 2 is 1.66 bits per heavy atom. The average molecular weight is 391 g/mol. The van der Waals surface area contributed by atoms with E-state index in [0.717, 1.165) is 24.1 Å². The van der Waals surface area contributed by atoms with Crippen molar-refractivity contribution in [1.29, 1.82) is 0 Å². The zero-order valence-corrected chi connectivity index (χ0v) is 16.1. The minimum absolute atomic E-state index is 0.110. The molecule has 1 saturated carbocycles. The molecule has 2 fully saturated rings. The molecule has 0 unspecified atom stereocenters. The monoisotopic (exact) mass is 391 g/mol. The third kappa shape index (κ3) is 3.18. The molecule has 0 N–H and O–H groups in total. The van der Waals surface area contributed by atoms with Crippen LogP contribution in [-0.2, 0) is 10.2 Å². The van der Waals surface area contributed by atoms with Gasteiger partial charge in [0, 0.05) is 37.8 Å². The lowest BCUT2D eigenvalue weighted by molar-refractivity contribution is -0.134. The Morgan fingerprint density at radius 3 is 2.34 bits per heavy atom. The van der Waals surface area contributed by atoms with E-state index < -0.39 is 5.41 Å². The van der Waals surface area contributed by atoms with E-state index in [2.05, 4.69) is 5.16 Å². The van der Waals surface area contributed by atoms with Crippen molar-refractivity contribution in [2.24, 2.45) is 0 Å². The normalized spacial score (nSPS) is 18.0. The van der Waals surface area contributed by atoms with Crippen LogP contribution in [0.2, 0.25) is 0 Å². The number of aromatic nitrogens is 1. The van der Waals surface area contributed by atoms with Gasteiger partial charge in [0.1, 0.15) is 5.82 Å². The SMILES string of the molecule is O=C(N1CCN(c2ccccc2F)CC1)C1(c2cc(-c3ccccc3)on2)CC1. The minimum atomic E-state index is -0.559. The topological polar surface area (TPSA) is 49.6 Å². The Kier molecular flexibility index (Phi) is 4.34. The molecule has 0 atom stereocenters. The highest BCUT2D eigenvalue weighted by atomic mass is 19.1. The lowest BCUT2D eigenvalue weighted by Gasteiger charge is -2.37. The van der Waals surface area contributed by atoms with E-state index in [1.165, 1.54) is 6.07 Å². The van der Waals surface area contributed by atoms with Crippen molar-refractivity contribution in [3.63, 3.8) is 0 Å². The molecular formula is C23H22FN3O2. The molecule has 1 aromatic heterocycles. The van der Waals surface area contributed by atoms with Gasteiger partial charge in [-0.15, -0.1) is 0 Å². The number of hydrogen-bond acceptors (Lipinski definition) is 4. The highest BCUT2D eigenvalue weighted by Gasteiger charge is 2.55. The molecule has 1 saturated heterocycles. The van der Waals surface area contributed by atoms with Crippen molar-refractivity contribution in [2.75, 3.05) is 31.1 Å². The van der Waals surface area contributed by atoms with Gasteiger partial charge in [0.05, 0.1) is 16.8 Å². The van der Waals surface area contributed by atoms with Crippen LogP contribution in [0.15, 0.2) is 65.2 Å². The molecule has 0 radical (unpaired) electrons. The molecule has 1 aliphatic heterocycles. The van der Waals surface area contributed by atoms with Crippen LogP contribution in [0.5, 0.6) is 0 Å². The number of benzene rings is 2. The molecule has 5 nitrogen and oxygen atoms in total. The van der Waals surface area contributed by atoms with Crippen molar-refractivity contribution in [2.45, 2.75) is 18.3 Å². The number of anilines is 1. The van der Waals surface area contributed by atoms with Crippen LogP contribution in [0.25, 0.3) is 11.3 Å². The number of nitrogens with zero attached hydrogens (tertiary/aromatic N) is 3. The number of para-hydroxylation sites is 1. The summed E-state index contributed by atoms with van der Waals surface area (Å²) in [6, 6.07) is 18.5. The van der Waals surface area contributed by atoms with Crippen molar-refractivity contribution in [1.82, 2.24) is 10.1 Å². The fourth-order valence-corrected chi connectivity index (χ4v) is 4.11. The van der Waals surface area contributed by atoms with E-state index in [9.17, 15) is 9.18 Å². The van der Waals surface area contributed by atoms with Gasteiger partial charge < -0.3 is 14.3 Å². The van der Waals surface area contributed by atoms with Gasteiger partial charge in [-0.25, -0.2) is 4.39 Å². The fraction of sp³-hybridized carbons (Fsp3) is 0.304. The number of piperazine rings is 1. The molecular weight excluding hydrogens is 369 g/mol. The van der Waals surface area contributed by atoms with Crippen LogP contribution < -0.4 is 4.90 Å². The smallest absolute Gasteiger partial charge is 0.235 e. The Hall–Kier alpha value is -3.15. The summed E-state index contributed by atoms with van der Waals surface area (Å²) in [7, 11) is 0. The van der Waals surface area contributed by atoms with E-state index in [0.29, 0.717) is 37.6 Å². The predicted molar refractivity (Wildman–Crippen MR) is 108 cm³/mol. The van der Waals surface area contributed by atoms with Crippen LogP contribution in [0.1, 0.15) is 18.5 Å². The Bertz CT molecular complexity index is 1020. The zero-order valence-electron chi connectivity index (χ0n) is 16.1. The first kappa shape index (κ1) is 17.9. The molecule has 29 heavy (non-hydrogen) atoms. The first-order valence-corrected chi connectivity index (χ1v) is 9.99. The van der Waals surface area contributed by atoms with Gasteiger partial charge in [0.15, 0.2) is 5.76 Å².